The van der Waals surface area contributed by atoms with Gasteiger partial charge in [-0.1, -0.05) is 33.1 Å². The van der Waals surface area contributed by atoms with Gasteiger partial charge in [0.2, 0.25) is 5.91 Å². The molecule has 1 aliphatic carbocycles. The molecular weight excluding hydrogens is 278 g/mol. The summed E-state index contributed by atoms with van der Waals surface area (Å²) in [6.45, 7) is 6.31. The Balaban J connectivity index is 1.69. The first kappa shape index (κ1) is 17.1. The van der Waals surface area contributed by atoms with Crippen molar-refractivity contribution < 1.29 is 9.59 Å². The van der Waals surface area contributed by atoms with Crippen LogP contribution in [0.25, 0.3) is 0 Å². The molecule has 2 fully saturated rings. The predicted octanol–water partition coefficient (Wildman–Crippen LogP) is 2.51. The fourth-order valence-corrected chi connectivity index (χ4v) is 3.31. The number of piperidine rings is 1. The second kappa shape index (κ2) is 8.39. The Bertz CT molecular complexity index is 370. The quantitative estimate of drug-likeness (QED) is 0.838. The van der Waals surface area contributed by atoms with Crippen LogP contribution in [0.5, 0.6) is 0 Å². The molecule has 0 spiro atoms. The van der Waals surface area contributed by atoms with Crippen molar-refractivity contribution in [2.45, 2.75) is 64.8 Å². The highest BCUT2D eigenvalue weighted by atomic mass is 16.2. The standard InChI is InChI=1S/C17H31N3O2/c1-13(2)12-18-16(21)14-8-10-20(11-9-14)17(22)19-15-6-4-3-5-7-15/h13-15H,3-12H2,1-2H3,(H,18,21)(H,19,22). The number of nitrogens with one attached hydrogen (secondary N) is 2. The molecule has 1 aliphatic heterocycles. The van der Waals surface area contributed by atoms with E-state index in [9.17, 15) is 9.59 Å². The number of rotatable bonds is 4. The van der Waals surface area contributed by atoms with Crippen molar-refractivity contribution in [1.82, 2.24) is 15.5 Å². The van der Waals surface area contributed by atoms with E-state index in [0.717, 1.165) is 32.2 Å². The summed E-state index contributed by atoms with van der Waals surface area (Å²) in [4.78, 5) is 26.2. The molecule has 126 valence electrons. The van der Waals surface area contributed by atoms with Gasteiger partial charge in [0.1, 0.15) is 0 Å². The molecule has 0 aromatic carbocycles. The van der Waals surface area contributed by atoms with Gasteiger partial charge in [0.25, 0.3) is 0 Å². The van der Waals surface area contributed by atoms with E-state index in [1.807, 2.05) is 4.90 Å². The number of likely N-dealkylation sites (tertiary alicyclic amines) is 1. The van der Waals surface area contributed by atoms with Gasteiger partial charge < -0.3 is 15.5 Å². The number of amides is 3. The lowest BCUT2D eigenvalue weighted by Gasteiger charge is -2.33. The van der Waals surface area contributed by atoms with Crippen LogP contribution in [0.4, 0.5) is 4.79 Å². The number of urea groups is 1. The summed E-state index contributed by atoms with van der Waals surface area (Å²) in [6, 6.07) is 0.418. The lowest BCUT2D eigenvalue weighted by Crippen LogP contribution is -2.49. The van der Waals surface area contributed by atoms with Gasteiger partial charge in [0.05, 0.1) is 0 Å². The van der Waals surface area contributed by atoms with Crippen LogP contribution in [0, 0.1) is 11.8 Å². The predicted molar refractivity (Wildman–Crippen MR) is 87.5 cm³/mol. The zero-order valence-corrected chi connectivity index (χ0v) is 14.1. The molecule has 3 amide bonds. The maximum Gasteiger partial charge on any atom is 0.317 e. The van der Waals surface area contributed by atoms with E-state index in [4.69, 9.17) is 0 Å². The van der Waals surface area contributed by atoms with E-state index >= 15 is 0 Å². The van der Waals surface area contributed by atoms with Crippen molar-refractivity contribution in [3.05, 3.63) is 0 Å². The molecule has 0 bridgehead atoms. The monoisotopic (exact) mass is 309 g/mol. The Morgan fingerprint density at radius 1 is 1.05 bits per heavy atom. The molecular formula is C17H31N3O2. The molecule has 2 aliphatic rings. The highest BCUT2D eigenvalue weighted by Crippen LogP contribution is 2.20. The van der Waals surface area contributed by atoms with Crippen LogP contribution >= 0.6 is 0 Å². The molecule has 22 heavy (non-hydrogen) atoms. The summed E-state index contributed by atoms with van der Waals surface area (Å²) >= 11 is 0. The largest absolute Gasteiger partial charge is 0.356 e. The van der Waals surface area contributed by atoms with Gasteiger partial charge in [-0.05, 0) is 31.6 Å². The van der Waals surface area contributed by atoms with Crippen LogP contribution in [0.2, 0.25) is 0 Å². The third-order valence-electron chi connectivity index (χ3n) is 4.77. The van der Waals surface area contributed by atoms with Gasteiger partial charge in [-0.15, -0.1) is 0 Å². The summed E-state index contributed by atoms with van der Waals surface area (Å²) in [5.74, 6) is 0.698. The highest BCUT2D eigenvalue weighted by Gasteiger charge is 2.28. The third kappa shape index (κ3) is 5.18. The average molecular weight is 309 g/mol. The SMILES string of the molecule is CC(C)CNC(=O)C1CCN(C(=O)NC2CCCCC2)CC1. The molecule has 1 heterocycles. The minimum atomic E-state index is 0.0629. The van der Waals surface area contributed by atoms with Crippen molar-refractivity contribution in [3.63, 3.8) is 0 Å². The van der Waals surface area contributed by atoms with E-state index < -0.39 is 0 Å². The number of hydrogen-bond acceptors (Lipinski definition) is 2. The number of carbonyl (C=O) groups excluding carboxylic acids is 2. The van der Waals surface area contributed by atoms with Gasteiger partial charge in [-0.25, -0.2) is 4.79 Å². The van der Waals surface area contributed by atoms with E-state index in [0.29, 0.717) is 25.0 Å². The molecule has 5 heteroatoms. The smallest absolute Gasteiger partial charge is 0.317 e. The van der Waals surface area contributed by atoms with Gasteiger partial charge in [0, 0.05) is 31.6 Å². The first-order valence-electron chi connectivity index (χ1n) is 8.89. The van der Waals surface area contributed by atoms with Gasteiger partial charge in [-0.3, -0.25) is 4.79 Å². The maximum absolute atomic E-state index is 12.3. The Labute approximate surface area is 134 Å². The topological polar surface area (TPSA) is 61.4 Å². The zero-order valence-electron chi connectivity index (χ0n) is 14.1. The minimum absolute atomic E-state index is 0.0629. The Hall–Kier alpha value is -1.26. The minimum Gasteiger partial charge on any atom is -0.356 e. The van der Waals surface area contributed by atoms with Gasteiger partial charge >= 0.3 is 6.03 Å². The molecule has 0 radical (unpaired) electrons. The van der Waals surface area contributed by atoms with Crippen molar-refractivity contribution in [2.24, 2.45) is 11.8 Å². The lowest BCUT2D eigenvalue weighted by molar-refractivity contribution is -0.126. The maximum atomic E-state index is 12.3. The van der Waals surface area contributed by atoms with E-state index in [1.54, 1.807) is 0 Å². The Kier molecular flexibility index (Phi) is 6.52. The van der Waals surface area contributed by atoms with Crippen LogP contribution in [-0.4, -0.2) is 42.5 Å². The van der Waals surface area contributed by atoms with Crippen LogP contribution in [0.1, 0.15) is 58.8 Å². The van der Waals surface area contributed by atoms with Crippen LogP contribution in [0.3, 0.4) is 0 Å². The van der Waals surface area contributed by atoms with Gasteiger partial charge in [0.15, 0.2) is 0 Å². The van der Waals surface area contributed by atoms with Crippen LogP contribution in [0.15, 0.2) is 0 Å². The number of nitrogens with zero attached hydrogens (tertiary/aromatic N) is 1. The second-order valence-electron chi connectivity index (χ2n) is 7.18. The van der Waals surface area contributed by atoms with E-state index in [2.05, 4.69) is 24.5 Å². The van der Waals surface area contributed by atoms with Crippen LogP contribution < -0.4 is 10.6 Å². The third-order valence-corrected chi connectivity index (χ3v) is 4.77. The fraction of sp³-hybridized carbons (Fsp3) is 0.882. The summed E-state index contributed by atoms with van der Waals surface area (Å²) in [7, 11) is 0. The molecule has 5 nitrogen and oxygen atoms in total. The van der Waals surface area contributed by atoms with Crippen molar-refractivity contribution in [2.75, 3.05) is 19.6 Å². The van der Waals surface area contributed by atoms with Crippen molar-refractivity contribution in [3.8, 4) is 0 Å². The summed E-state index contributed by atoms with van der Waals surface area (Å²) in [6.07, 6.45) is 7.53. The molecule has 1 saturated carbocycles. The van der Waals surface area contributed by atoms with E-state index in [1.165, 1.54) is 19.3 Å². The first-order valence-corrected chi connectivity index (χ1v) is 8.89. The Morgan fingerprint density at radius 3 is 2.27 bits per heavy atom. The van der Waals surface area contributed by atoms with Crippen molar-refractivity contribution >= 4 is 11.9 Å². The molecule has 0 aromatic rings. The molecule has 2 rings (SSSR count). The fourth-order valence-electron chi connectivity index (χ4n) is 3.31. The zero-order chi connectivity index (χ0) is 15.9. The lowest BCUT2D eigenvalue weighted by atomic mass is 9.95. The molecule has 2 N–H and O–H groups in total. The number of carbonyl (C=O) groups is 2. The average Bonchev–Trinajstić information content (AvgIpc) is 2.53. The molecule has 1 saturated heterocycles. The van der Waals surface area contributed by atoms with E-state index in [-0.39, 0.29) is 17.9 Å². The van der Waals surface area contributed by atoms with Gasteiger partial charge in [-0.2, -0.15) is 0 Å². The number of hydrogen-bond donors (Lipinski definition) is 2. The second-order valence-corrected chi connectivity index (χ2v) is 7.18. The first-order chi connectivity index (χ1) is 10.6. The van der Waals surface area contributed by atoms with Crippen molar-refractivity contribution in [1.29, 1.82) is 0 Å². The molecule has 0 aromatic heterocycles. The summed E-state index contributed by atoms with van der Waals surface area (Å²) in [5, 5.41) is 6.16. The molecule has 0 unspecified atom stereocenters. The normalized spacial score (nSPS) is 21.0. The highest BCUT2D eigenvalue weighted by molar-refractivity contribution is 5.79. The summed E-state index contributed by atoms with van der Waals surface area (Å²) < 4.78 is 0. The summed E-state index contributed by atoms with van der Waals surface area (Å²) in [5.41, 5.74) is 0. The molecule has 0 atom stereocenters. The Morgan fingerprint density at radius 2 is 1.68 bits per heavy atom. The van der Waals surface area contributed by atoms with Crippen LogP contribution in [-0.2, 0) is 4.79 Å².